The lowest BCUT2D eigenvalue weighted by Gasteiger charge is -2.27. The highest BCUT2D eigenvalue weighted by molar-refractivity contribution is 5.80. The summed E-state index contributed by atoms with van der Waals surface area (Å²) in [5, 5.41) is 44.3. The molecular weight excluding hydrogens is 1010 g/mol. The van der Waals surface area contributed by atoms with Crippen molar-refractivity contribution >= 4 is 5.91 Å². The van der Waals surface area contributed by atoms with Gasteiger partial charge in [0.2, 0.25) is 5.91 Å². The van der Waals surface area contributed by atoms with Crippen LogP contribution >= 0.6 is 0 Å². The van der Waals surface area contributed by atoms with Crippen molar-refractivity contribution in [2.45, 2.75) is 449 Å². The Balaban J connectivity index is 3.53. The van der Waals surface area contributed by atoms with Crippen LogP contribution in [0.3, 0.4) is 0 Å². The van der Waals surface area contributed by atoms with E-state index in [-0.39, 0.29) is 0 Å². The molecule has 0 fully saturated rings. The molecule has 488 valence electrons. The van der Waals surface area contributed by atoms with Crippen LogP contribution in [0.2, 0.25) is 0 Å². The molecule has 0 spiro atoms. The molecule has 0 aliphatic rings. The van der Waals surface area contributed by atoms with Crippen LogP contribution < -0.4 is 5.32 Å². The summed E-state index contributed by atoms with van der Waals surface area (Å²) >= 11 is 0. The molecule has 6 heteroatoms. The third-order valence-corrected chi connectivity index (χ3v) is 18.1. The Morgan fingerprint density at radius 1 is 0.293 bits per heavy atom. The maximum Gasteiger partial charge on any atom is 0.249 e. The molecule has 5 N–H and O–H groups in total. The van der Waals surface area contributed by atoms with E-state index in [2.05, 4.69) is 43.5 Å². The Morgan fingerprint density at radius 3 is 0.732 bits per heavy atom. The highest BCUT2D eigenvalue weighted by Crippen LogP contribution is 2.20. The molecule has 6 nitrogen and oxygen atoms in total. The molecule has 0 saturated carbocycles. The number of hydrogen-bond donors (Lipinski definition) is 5. The molecule has 82 heavy (non-hydrogen) atoms. The van der Waals surface area contributed by atoms with Gasteiger partial charge in [-0.25, -0.2) is 0 Å². The minimum Gasteiger partial charge on any atom is -0.394 e. The Morgan fingerprint density at radius 2 is 0.500 bits per heavy atom. The molecule has 0 saturated heterocycles. The summed E-state index contributed by atoms with van der Waals surface area (Å²) in [7, 11) is 0. The van der Waals surface area contributed by atoms with Gasteiger partial charge in [0.05, 0.1) is 18.8 Å². The summed E-state index contributed by atoms with van der Waals surface area (Å²) < 4.78 is 0. The van der Waals surface area contributed by atoms with E-state index < -0.39 is 36.9 Å². The number of aliphatic hydroxyl groups is 4. The van der Waals surface area contributed by atoms with E-state index in [9.17, 15) is 25.2 Å². The number of rotatable bonds is 71. The van der Waals surface area contributed by atoms with E-state index in [1.165, 1.54) is 360 Å². The molecular formula is C76H149NO5. The summed E-state index contributed by atoms with van der Waals surface area (Å²) in [6, 6.07) is -1.00. The van der Waals surface area contributed by atoms with Gasteiger partial charge in [-0.2, -0.15) is 0 Å². The Kier molecular flexibility index (Phi) is 69.5. The fourth-order valence-electron chi connectivity index (χ4n) is 12.3. The van der Waals surface area contributed by atoms with E-state index in [0.717, 1.165) is 38.5 Å². The van der Waals surface area contributed by atoms with Crippen LogP contribution in [0.25, 0.3) is 0 Å². The Bertz CT molecular complexity index is 1260. The van der Waals surface area contributed by atoms with Crippen LogP contribution in [0.15, 0.2) is 24.3 Å². The molecule has 0 aliphatic carbocycles. The highest BCUT2D eigenvalue weighted by Gasteiger charge is 2.28. The number of carbonyl (C=O) groups is 1. The monoisotopic (exact) mass is 1160 g/mol. The minimum atomic E-state index is -1.28. The van der Waals surface area contributed by atoms with Crippen LogP contribution in [0.1, 0.15) is 425 Å². The lowest BCUT2D eigenvalue weighted by Crippen LogP contribution is -2.53. The van der Waals surface area contributed by atoms with Crippen LogP contribution in [0.5, 0.6) is 0 Å². The average molecular weight is 1160 g/mol. The molecule has 4 unspecified atom stereocenters. The first kappa shape index (κ1) is 80.8. The maximum atomic E-state index is 12.7. The second-order valence-corrected chi connectivity index (χ2v) is 26.3. The molecule has 0 rings (SSSR count). The summed E-state index contributed by atoms with van der Waals surface area (Å²) in [6.07, 6.45) is 90.5. The quantitative estimate of drug-likeness (QED) is 0.0308. The minimum absolute atomic E-state index is 0.367. The molecule has 0 bridgehead atoms. The summed E-state index contributed by atoms with van der Waals surface area (Å²) in [6.45, 7) is 4.11. The van der Waals surface area contributed by atoms with Gasteiger partial charge in [-0.3, -0.25) is 4.79 Å². The van der Waals surface area contributed by atoms with E-state index in [0.29, 0.717) is 12.8 Å². The fraction of sp³-hybridized carbons (Fsp3) is 0.934. The van der Waals surface area contributed by atoms with Gasteiger partial charge < -0.3 is 25.7 Å². The first-order chi connectivity index (χ1) is 40.5. The maximum absolute atomic E-state index is 12.7. The molecule has 0 radical (unpaired) electrons. The smallest absolute Gasteiger partial charge is 0.249 e. The Hall–Kier alpha value is -1.21. The van der Waals surface area contributed by atoms with Crippen molar-refractivity contribution in [2.24, 2.45) is 0 Å². The second kappa shape index (κ2) is 70.6. The van der Waals surface area contributed by atoms with Gasteiger partial charge in [-0.15, -0.1) is 0 Å². The summed E-state index contributed by atoms with van der Waals surface area (Å²) in [4.78, 5) is 12.7. The fourth-order valence-corrected chi connectivity index (χ4v) is 12.3. The van der Waals surface area contributed by atoms with Crippen molar-refractivity contribution in [3.05, 3.63) is 24.3 Å². The Labute approximate surface area is 514 Å². The summed E-state index contributed by atoms with van der Waals surface area (Å²) in [5.41, 5.74) is 0. The van der Waals surface area contributed by atoms with Crippen LogP contribution in [-0.2, 0) is 4.79 Å². The van der Waals surface area contributed by atoms with Crippen LogP contribution in [0, 0.1) is 0 Å². The standard InChI is InChI=1S/C76H149NO5/c1-3-5-7-9-11-13-15-17-19-21-23-25-27-29-31-33-35-36-37-38-39-40-42-44-46-48-50-52-54-56-58-60-62-64-66-68-70-74(80)76(82)77-72(71-78)75(81)73(79)69-67-65-63-61-59-57-55-53-51-49-47-45-43-41-34-32-30-28-26-24-22-20-18-16-14-12-10-8-6-4-2/h36-37,61,63,72-75,78-81H,3-35,38-60,62,64-71H2,1-2H3,(H,77,82)/b37-36-,63-61+. The zero-order valence-corrected chi connectivity index (χ0v) is 55.8. The number of nitrogens with one attached hydrogen (secondary N) is 1. The lowest BCUT2D eigenvalue weighted by atomic mass is 10.00. The number of unbranched alkanes of at least 4 members (excludes halogenated alkanes) is 58. The second-order valence-electron chi connectivity index (χ2n) is 26.3. The van der Waals surface area contributed by atoms with Gasteiger partial charge in [-0.1, -0.05) is 385 Å². The predicted octanol–water partition coefficient (Wildman–Crippen LogP) is 23.7. The SMILES string of the molecule is CCCCCCCCCCCCCCCCCC/C=C\CCCCCCCCCCCCCCCCCCC(O)C(=O)NC(CO)C(O)C(O)CCC/C=C/CCCCCCCCCCCCCCCCCCCCCCCCCCC. The zero-order valence-electron chi connectivity index (χ0n) is 55.8. The van der Waals surface area contributed by atoms with E-state index >= 15 is 0 Å². The van der Waals surface area contributed by atoms with Crippen molar-refractivity contribution in [1.82, 2.24) is 5.32 Å². The zero-order chi connectivity index (χ0) is 59.4. The molecule has 1 amide bonds. The summed E-state index contributed by atoms with van der Waals surface area (Å²) in [5.74, 6) is -0.585. The topological polar surface area (TPSA) is 110 Å². The van der Waals surface area contributed by atoms with Crippen molar-refractivity contribution < 1.29 is 25.2 Å². The molecule has 4 atom stereocenters. The van der Waals surface area contributed by atoms with Gasteiger partial charge in [-0.05, 0) is 64.2 Å². The van der Waals surface area contributed by atoms with E-state index in [4.69, 9.17) is 0 Å². The number of amides is 1. The number of allylic oxidation sites excluding steroid dienone is 4. The molecule has 0 aliphatic heterocycles. The number of hydrogen-bond acceptors (Lipinski definition) is 5. The third-order valence-electron chi connectivity index (χ3n) is 18.1. The van der Waals surface area contributed by atoms with E-state index in [1.807, 2.05) is 0 Å². The third kappa shape index (κ3) is 63.3. The van der Waals surface area contributed by atoms with Gasteiger partial charge >= 0.3 is 0 Å². The highest BCUT2D eigenvalue weighted by atomic mass is 16.3. The lowest BCUT2D eigenvalue weighted by molar-refractivity contribution is -0.132. The van der Waals surface area contributed by atoms with E-state index in [1.54, 1.807) is 0 Å². The first-order valence-electron chi connectivity index (χ1n) is 37.7. The van der Waals surface area contributed by atoms with Gasteiger partial charge in [0.25, 0.3) is 0 Å². The molecule has 0 aromatic heterocycles. The first-order valence-corrected chi connectivity index (χ1v) is 37.7. The number of aliphatic hydroxyl groups excluding tert-OH is 4. The normalized spacial score (nSPS) is 13.5. The van der Waals surface area contributed by atoms with Crippen molar-refractivity contribution in [2.75, 3.05) is 6.61 Å². The van der Waals surface area contributed by atoms with Gasteiger partial charge in [0.15, 0.2) is 0 Å². The molecule has 0 heterocycles. The molecule has 0 aromatic rings. The molecule has 0 aromatic carbocycles. The largest absolute Gasteiger partial charge is 0.394 e. The predicted molar refractivity (Wildman–Crippen MR) is 362 cm³/mol. The van der Waals surface area contributed by atoms with Crippen molar-refractivity contribution in [3.63, 3.8) is 0 Å². The van der Waals surface area contributed by atoms with Crippen molar-refractivity contribution in [3.8, 4) is 0 Å². The van der Waals surface area contributed by atoms with Gasteiger partial charge in [0.1, 0.15) is 12.2 Å². The average Bonchev–Trinajstić information content (AvgIpc) is 3.49. The van der Waals surface area contributed by atoms with Gasteiger partial charge in [0, 0.05) is 0 Å². The number of carbonyl (C=O) groups excluding carboxylic acids is 1. The van der Waals surface area contributed by atoms with Crippen LogP contribution in [-0.4, -0.2) is 57.3 Å². The van der Waals surface area contributed by atoms with Crippen LogP contribution in [0.4, 0.5) is 0 Å². The van der Waals surface area contributed by atoms with Crippen molar-refractivity contribution in [1.29, 1.82) is 0 Å².